The van der Waals surface area contributed by atoms with Crippen LogP contribution in [-0.2, 0) is 6.42 Å². The molecule has 0 bridgehead atoms. The molecule has 0 saturated heterocycles. The van der Waals surface area contributed by atoms with Gasteiger partial charge >= 0.3 is 0 Å². The Labute approximate surface area is 116 Å². The zero-order valence-corrected chi connectivity index (χ0v) is 11.1. The van der Waals surface area contributed by atoms with E-state index in [-0.39, 0.29) is 10.8 Å². The van der Waals surface area contributed by atoms with Gasteiger partial charge in [-0.15, -0.1) is 0 Å². The number of benzene rings is 1. The third-order valence-corrected chi connectivity index (χ3v) is 2.92. The molecule has 0 fully saturated rings. The number of hydrogen-bond donors (Lipinski definition) is 2. The number of nitrogens with zero attached hydrogens (tertiary/aromatic N) is 1. The van der Waals surface area contributed by atoms with Crippen LogP contribution in [0.4, 0.5) is 10.1 Å². The van der Waals surface area contributed by atoms with Crippen LogP contribution in [0.25, 0.3) is 0 Å². The van der Waals surface area contributed by atoms with E-state index in [0.29, 0.717) is 12.1 Å². The van der Waals surface area contributed by atoms with E-state index >= 15 is 0 Å². The lowest BCUT2D eigenvalue weighted by Gasteiger charge is -2.11. The third-order valence-electron chi connectivity index (χ3n) is 2.70. The van der Waals surface area contributed by atoms with Gasteiger partial charge in [0, 0.05) is 30.2 Å². The van der Waals surface area contributed by atoms with Gasteiger partial charge in [-0.2, -0.15) is 0 Å². The number of rotatable bonds is 5. The fraction of sp³-hybridized carbons (Fsp3) is 0.143. The van der Waals surface area contributed by atoms with E-state index in [1.807, 2.05) is 18.3 Å². The molecule has 1 heterocycles. The van der Waals surface area contributed by atoms with E-state index in [4.69, 9.17) is 18.0 Å². The summed E-state index contributed by atoms with van der Waals surface area (Å²) >= 11 is 4.91. The summed E-state index contributed by atoms with van der Waals surface area (Å²) in [5.41, 5.74) is 7.99. The number of thiocarbonyl (C=S) groups is 1. The fourth-order valence-corrected chi connectivity index (χ4v) is 1.93. The summed E-state index contributed by atoms with van der Waals surface area (Å²) in [6, 6.07) is 8.28. The minimum absolute atomic E-state index is 0.184. The van der Waals surface area contributed by atoms with Gasteiger partial charge in [0.15, 0.2) is 0 Å². The molecule has 0 amide bonds. The average Bonchev–Trinajstić information content (AvgIpc) is 2.41. The summed E-state index contributed by atoms with van der Waals surface area (Å²) in [7, 11) is 0. The largest absolute Gasteiger partial charge is 0.389 e. The number of nitrogens with one attached hydrogen (secondary N) is 1. The Balaban J connectivity index is 2.02. The second-order valence-electron chi connectivity index (χ2n) is 4.09. The van der Waals surface area contributed by atoms with E-state index in [1.165, 1.54) is 12.1 Å². The first-order chi connectivity index (χ1) is 9.16. The Kier molecular flexibility index (Phi) is 4.41. The van der Waals surface area contributed by atoms with Gasteiger partial charge in [0.05, 0.1) is 0 Å². The Bertz CT molecular complexity index is 572. The van der Waals surface area contributed by atoms with Crippen LogP contribution >= 0.6 is 12.2 Å². The van der Waals surface area contributed by atoms with Crippen molar-refractivity contribution in [2.24, 2.45) is 5.73 Å². The number of nitrogens with two attached hydrogens (primary N) is 1. The normalized spacial score (nSPS) is 10.2. The van der Waals surface area contributed by atoms with Crippen LogP contribution in [0.3, 0.4) is 0 Å². The van der Waals surface area contributed by atoms with Gasteiger partial charge in [-0.3, -0.25) is 4.98 Å². The molecule has 3 nitrogen and oxygen atoms in total. The number of halogens is 1. The Hall–Kier alpha value is -2.01. The van der Waals surface area contributed by atoms with Crippen LogP contribution in [0.15, 0.2) is 42.7 Å². The highest BCUT2D eigenvalue weighted by Gasteiger charge is 2.06. The third kappa shape index (κ3) is 3.72. The minimum atomic E-state index is -0.347. The molecule has 0 aliphatic carbocycles. The van der Waals surface area contributed by atoms with E-state index < -0.39 is 0 Å². The molecular formula is C14H14FN3S. The van der Waals surface area contributed by atoms with Gasteiger partial charge in [0.1, 0.15) is 10.8 Å². The number of hydrogen-bond acceptors (Lipinski definition) is 3. The molecule has 98 valence electrons. The summed E-state index contributed by atoms with van der Waals surface area (Å²) in [6.07, 6.45) is 4.38. The molecule has 1 aromatic heterocycles. The van der Waals surface area contributed by atoms with Crippen molar-refractivity contribution >= 4 is 22.9 Å². The van der Waals surface area contributed by atoms with Crippen LogP contribution in [0.1, 0.15) is 11.1 Å². The second kappa shape index (κ2) is 6.24. The summed E-state index contributed by atoms with van der Waals surface area (Å²) in [4.78, 5) is 4.23. The smallest absolute Gasteiger partial charge is 0.124 e. The monoisotopic (exact) mass is 275 g/mol. The zero-order chi connectivity index (χ0) is 13.7. The summed E-state index contributed by atoms with van der Waals surface area (Å²) in [5.74, 6) is -0.347. The van der Waals surface area contributed by atoms with Gasteiger partial charge in [0.25, 0.3) is 0 Å². The first-order valence-corrected chi connectivity index (χ1v) is 6.30. The van der Waals surface area contributed by atoms with E-state index in [1.54, 1.807) is 12.3 Å². The lowest BCUT2D eigenvalue weighted by atomic mass is 10.1. The Morgan fingerprint density at radius 3 is 2.89 bits per heavy atom. The van der Waals surface area contributed by atoms with Crippen LogP contribution in [0, 0.1) is 5.82 Å². The standard InChI is InChI=1S/C14H14FN3S/c15-11-3-4-13(12(8-11)14(16)19)18-7-5-10-2-1-6-17-9-10/h1-4,6,8-9,18H,5,7H2,(H2,16,19). The SMILES string of the molecule is NC(=S)c1cc(F)ccc1NCCc1cccnc1. The van der Waals surface area contributed by atoms with E-state index in [2.05, 4.69) is 10.3 Å². The highest BCUT2D eigenvalue weighted by molar-refractivity contribution is 7.80. The predicted octanol–water partition coefficient (Wildman–Crippen LogP) is 2.51. The highest BCUT2D eigenvalue weighted by Crippen LogP contribution is 2.17. The summed E-state index contributed by atoms with van der Waals surface area (Å²) in [6.45, 7) is 0.701. The second-order valence-corrected chi connectivity index (χ2v) is 4.53. The quantitative estimate of drug-likeness (QED) is 0.823. The maximum absolute atomic E-state index is 13.1. The van der Waals surface area contributed by atoms with Gasteiger partial charge in [-0.1, -0.05) is 18.3 Å². The van der Waals surface area contributed by atoms with Gasteiger partial charge < -0.3 is 11.1 Å². The van der Waals surface area contributed by atoms with E-state index in [0.717, 1.165) is 17.7 Å². The van der Waals surface area contributed by atoms with Crippen LogP contribution in [0.5, 0.6) is 0 Å². The molecule has 3 N–H and O–H groups in total. The highest BCUT2D eigenvalue weighted by atomic mass is 32.1. The molecule has 0 aliphatic heterocycles. The Morgan fingerprint density at radius 2 is 2.21 bits per heavy atom. The van der Waals surface area contributed by atoms with Crippen LogP contribution in [0.2, 0.25) is 0 Å². The van der Waals surface area contributed by atoms with Crippen molar-refractivity contribution in [1.82, 2.24) is 4.98 Å². The van der Waals surface area contributed by atoms with Crippen molar-refractivity contribution in [3.05, 3.63) is 59.7 Å². The average molecular weight is 275 g/mol. The molecule has 5 heteroatoms. The van der Waals surface area contributed by atoms with E-state index in [9.17, 15) is 4.39 Å². The first kappa shape index (κ1) is 13.4. The van der Waals surface area contributed by atoms with Gasteiger partial charge in [-0.05, 0) is 36.2 Å². The molecule has 0 unspecified atom stereocenters. The zero-order valence-electron chi connectivity index (χ0n) is 10.3. The minimum Gasteiger partial charge on any atom is -0.389 e. The first-order valence-electron chi connectivity index (χ1n) is 5.89. The van der Waals surface area contributed by atoms with Crippen molar-refractivity contribution in [3.63, 3.8) is 0 Å². The molecule has 1 aromatic carbocycles. The number of aromatic nitrogens is 1. The maximum Gasteiger partial charge on any atom is 0.124 e. The lowest BCUT2D eigenvalue weighted by Crippen LogP contribution is -2.15. The molecule has 0 atom stereocenters. The molecular weight excluding hydrogens is 261 g/mol. The number of anilines is 1. The molecule has 2 aromatic rings. The Morgan fingerprint density at radius 1 is 1.37 bits per heavy atom. The molecule has 2 rings (SSSR count). The fourth-order valence-electron chi connectivity index (χ4n) is 1.76. The molecule has 0 spiro atoms. The predicted molar refractivity (Wildman–Crippen MR) is 78.7 cm³/mol. The van der Waals surface area contributed by atoms with Crippen molar-refractivity contribution in [1.29, 1.82) is 0 Å². The molecule has 19 heavy (non-hydrogen) atoms. The summed E-state index contributed by atoms with van der Waals surface area (Å²) < 4.78 is 13.1. The van der Waals surface area contributed by atoms with Crippen molar-refractivity contribution in [2.45, 2.75) is 6.42 Å². The topological polar surface area (TPSA) is 50.9 Å². The van der Waals surface area contributed by atoms with Gasteiger partial charge in [0.2, 0.25) is 0 Å². The lowest BCUT2D eigenvalue weighted by molar-refractivity contribution is 0.627. The maximum atomic E-state index is 13.1. The van der Waals surface area contributed by atoms with Crippen molar-refractivity contribution in [2.75, 3.05) is 11.9 Å². The molecule has 0 saturated carbocycles. The summed E-state index contributed by atoms with van der Waals surface area (Å²) in [5, 5.41) is 3.21. The van der Waals surface area contributed by atoms with Crippen molar-refractivity contribution < 1.29 is 4.39 Å². The molecule has 0 radical (unpaired) electrons. The van der Waals surface area contributed by atoms with Crippen molar-refractivity contribution in [3.8, 4) is 0 Å². The van der Waals surface area contributed by atoms with Crippen LogP contribution < -0.4 is 11.1 Å². The molecule has 0 aliphatic rings. The number of pyridine rings is 1. The van der Waals surface area contributed by atoms with Gasteiger partial charge in [-0.25, -0.2) is 4.39 Å². The van der Waals surface area contributed by atoms with Crippen LogP contribution in [-0.4, -0.2) is 16.5 Å².